The molecule has 1 heterocycles. The van der Waals surface area contributed by atoms with E-state index in [9.17, 15) is 16.8 Å². The summed E-state index contributed by atoms with van der Waals surface area (Å²) in [7, 11) is -3.01. The van der Waals surface area contributed by atoms with Crippen LogP contribution in [0.3, 0.4) is 0 Å². The Morgan fingerprint density at radius 3 is 1.67 bits per heavy atom. The number of methoxy groups -OCH3 is 3. The van der Waals surface area contributed by atoms with Gasteiger partial charge in [0.25, 0.3) is 0 Å². The van der Waals surface area contributed by atoms with Crippen molar-refractivity contribution >= 4 is 42.6 Å². The van der Waals surface area contributed by atoms with Crippen LogP contribution >= 0.6 is 22.6 Å². The molecule has 48 heavy (non-hydrogen) atoms. The molecule has 252 valence electrons. The van der Waals surface area contributed by atoms with Crippen LogP contribution in [0.4, 0.5) is 0 Å². The third kappa shape index (κ3) is 7.78. The lowest BCUT2D eigenvalue weighted by atomic mass is 10.2. The molecule has 0 bridgehead atoms. The topological polar surface area (TPSA) is 155 Å². The summed E-state index contributed by atoms with van der Waals surface area (Å²) in [5.74, 6) is 1.85. The van der Waals surface area contributed by atoms with Crippen molar-refractivity contribution in [3.05, 3.63) is 105 Å². The number of hydrogen-bond donors (Lipinski definition) is 1. The van der Waals surface area contributed by atoms with E-state index in [2.05, 4.69) is 20.1 Å². The third-order valence-corrected chi connectivity index (χ3v) is 11.8. The molecule has 0 aliphatic rings. The summed E-state index contributed by atoms with van der Waals surface area (Å²) in [5, 5.41) is 12.9. The average molecular weight is 805 g/mol. The molecule has 13 nitrogen and oxygen atoms in total. The normalized spacial score (nSPS) is 11.9. The molecule has 0 saturated heterocycles. The van der Waals surface area contributed by atoms with Crippen molar-refractivity contribution in [3.8, 4) is 28.6 Å². The number of halogens is 1. The van der Waals surface area contributed by atoms with Crippen LogP contribution < -0.4 is 18.9 Å². The quantitative estimate of drug-likeness (QED) is 0.161. The van der Waals surface area contributed by atoms with Crippen molar-refractivity contribution in [1.29, 1.82) is 0 Å². The highest BCUT2D eigenvalue weighted by Gasteiger charge is 2.37. The summed E-state index contributed by atoms with van der Waals surface area (Å²) in [6.45, 7) is 0.0605. The predicted octanol–water partition coefficient (Wildman–Crippen LogP) is 4.32. The van der Waals surface area contributed by atoms with E-state index in [1.165, 1.54) is 28.3 Å². The van der Waals surface area contributed by atoms with Crippen molar-refractivity contribution in [3.63, 3.8) is 0 Å². The van der Waals surface area contributed by atoms with Gasteiger partial charge in [-0.05, 0) is 100 Å². The first kappa shape index (κ1) is 35.2. The highest BCUT2D eigenvalue weighted by Crippen LogP contribution is 2.37. The van der Waals surface area contributed by atoms with Gasteiger partial charge < -0.3 is 14.2 Å². The lowest BCUT2D eigenvalue weighted by Gasteiger charge is -2.25. The Kier molecular flexibility index (Phi) is 11.0. The van der Waals surface area contributed by atoms with Gasteiger partial charge in [-0.15, -0.1) is 10.2 Å². The van der Waals surface area contributed by atoms with Crippen LogP contribution in [0.25, 0.3) is 11.4 Å². The molecule has 0 radical (unpaired) electrons. The van der Waals surface area contributed by atoms with Crippen molar-refractivity contribution in [1.82, 2.24) is 29.2 Å². The molecule has 0 fully saturated rings. The number of rotatable bonds is 14. The van der Waals surface area contributed by atoms with Crippen LogP contribution in [0.2, 0.25) is 0 Å². The Morgan fingerprint density at radius 1 is 0.729 bits per heavy atom. The average Bonchev–Trinajstić information content (AvgIpc) is 3.56. The zero-order valence-corrected chi connectivity index (χ0v) is 30.3. The second kappa shape index (κ2) is 15.0. The molecule has 1 N–H and O–H groups in total. The third-order valence-electron chi connectivity index (χ3n) is 7.42. The molecule has 1 aromatic heterocycles. The molecule has 0 unspecified atom stereocenters. The Bertz CT molecular complexity index is 2040. The van der Waals surface area contributed by atoms with Gasteiger partial charge in [0.15, 0.2) is 0 Å². The van der Waals surface area contributed by atoms with Gasteiger partial charge in [-0.2, -0.15) is 9.10 Å². The molecule has 0 aliphatic carbocycles. The Labute approximate surface area is 293 Å². The number of nitrogens with one attached hydrogen (secondary N) is 1. The molecule has 5 rings (SSSR count). The van der Waals surface area contributed by atoms with Gasteiger partial charge >= 0.3 is 0 Å². The maximum Gasteiger partial charge on any atom is 0.245 e. The van der Waals surface area contributed by atoms with E-state index in [4.69, 9.17) is 14.2 Å². The zero-order valence-electron chi connectivity index (χ0n) is 26.5. The minimum absolute atomic E-state index is 0.0161. The molecule has 0 spiro atoms. The number of nitrogens with zero attached hydrogens (tertiary/aromatic N) is 5. The number of sulfonamides is 2. The van der Waals surface area contributed by atoms with Crippen LogP contribution in [0.15, 0.2) is 94.7 Å². The molecular weight excluding hydrogens is 771 g/mol. The second-order valence-corrected chi connectivity index (χ2v) is 15.3. The highest BCUT2D eigenvalue weighted by atomic mass is 127. The van der Waals surface area contributed by atoms with E-state index in [1.807, 2.05) is 34.7 Å². The lowest BCUT2D eigenvalue weighted by molar-refractivity contribution is 0.396. The summed E-state index contributed by atoms with van der Waals surface area (Å²) in [5.41, 5.74) is 2.17. The maximum atomic E-state index is 15.0. The number of tetrazole rings is 1. The summed E-state index contributed by atoms with van der Waals surface area (Å²) >= 11 is 1.96. The fourth-order valence-corrected chi connectivity index (χ4v) is 8.86. The molecule has 4 aromatic carbocycles. The van der Waals surface area contributed by atoms with E-state index in [0.29, 0.717) is 31.9 Å². The first-order chi connectivity index (χ1) is 23.0. The number of hydrogen-bond acceptors (Lipinski definition) is 10. The minimum Gasteiger partial charge on any atom is -0.497 e. The smallest absolute Gasteiger partial charge is 0.245 e. The van der Waals surface area contributed by atoms with Crippen LogP contribution in [0.5, 0.6) is 17.2 Å². The van der Waals surface area contributed by atoms with Crippen LogP contribution in [-0.4, -0.2) is 69.7 Å². The Morgan fingerprint density at radius 2 is 1.21 bits per heavy atom. The lowest BCUT2D eigenvalue weighted by Crippen LogP contribution is -2.33. The van der Waals surface area contributed by atoms with E-state index in [0.717, 1.165) is 5.56 Å². The molecule has 16 heteroatoms. The largest absolute Gasteiger partial charge is 0.497 e. The second-order valence-electron chi connectivity index (χ2n) is 10.4. The van der Waals surface area contributed by atoms with Crippen LogP contribution in [0, 0.1) is 3.57 Å². The van der Waals surface area contributed by atoms with Gasteiger partial charge in [-0.25, -0.2) is 21.6 Å². The fourth-order valence-electron chi connectivity index (χ4n) is 4.85. The molecule has 0 saturated carbocycles. The van der Waals surface area contributed by atoms with Gasteiger partial charge in [-0.3, -0.25) is 0 Å². The molecule has 0 aliphatic heterocycles. The molecule has 5 aromatic rings. The summed E-state index contributed by atoms with van der Waals surface area (Å²) in [6, 6.07) is 24.0. The molecule has 0 atom stereocenters. The van der Waals surface area contributed by atoms with Gasteiger partial charge in [0, 0.05) is 16.7 Å². The summed E-state index contributed by atoms with van der Waals surface area (Å²) in [6.07, 6.45) is 0. The number of benzene rings is 4. The van der Waals surface area contributed by atoms with E-state index < -0.39 is 29.8 Å². The first-order valence-electron chi connectivity index (χ1n) is 14.4. The van der Waals surface area contributed by atoms with E-state index in [1.54, 1.807) is 82.0 Å². The SMILES string of the molecule is CNS(=O)(=O)c1ccc(I)c(-c2nnn(Cc3ccc(OC)cc3)n2)c1S(=O)(=O)N(Cc1ccc(OC)cc1)Cc1ccc(OC)cc1. The van der Waals surface area contributed by atoms with Gasteiger partial charge in [-0.1, -0.05) is 36.4 Å². The predicted molar refractivity (Wildman–Crippen MR) is 187 cm³/mol. The Hall–Kier alpha value is -4.10. The van der Waals surface area contributed by atoms with E-state index >= 15 is 0 Å². The van der Waals surface area contributed by atoms with Crippen molar-refractivity contribution in [2.45, 2.75) is 29.4 Å². The van der Waals surface area contributed by atoms with Crippen LogP contribution in [0.1, 0.15) is 16.7 Å². The Balaban J connectivity index is 1.66. The summed E-state index contributed by atoms with van der Waals surface area (Å²) in [4.78, 5) is 0.408. The molecular formula is C32H33IN6O7S2. The van der Waals surface area contributed by atoms with Crippen LogP contribution in [-0.2, 0) is 39.7 Å². The summed E-state index contributed by atoms with van der Waals surface area (Å²) < 4.78 is 76.5. The number of ether oxygens (including phenoxy) is 3. The van der Waals surface area contributed by atoms with Crippen molar-refractivity contribution < 1.29 is 31.0 Å². The fraction of sp³-hybridized carbons (Fsp3) is 0.219. The van der Waals surface area contributed by atoms with E-state index in [-0.39, 0.29) is 31.0 Å². The van der Waals surface area contributed by atoms with Crippen molar-refractivity contribution in [2.75, 3.05) is 28.4 Å². The van der Waals surface area contributed by atoms with Gasteiger partial charge in [0.1, 0.15) is 27.0 Å². The van der Waals surface area contributed by atoms with Gasteiger partial charge in [0.2, 0.25) is 25.9 Å². The monoisotopic (exact) mass is 804 g/mol. The maximum absolute atomic E-state index is 15.0. The van der Waals surface area contributed by atoms with Crippen molar-refractivity contribution in [2.24, 2.45) is 0 Å². The standard InChI is InChI=1S/C32H33IN6O7S2/c1-34-47(40,41)29-18-17-28(33)30(32-35-37-39(36-32)21-24-9-15-27(46-4)16-10-24)31(29)48(42,43)38(19-22-5-11-25(44-2)12-6-22)20-23-7-13-26(45-3)14-8-23/h5-18,34H,19-21H2,1-4H3. The highest BCUT2D eigenvalue weighted by molar-refractivity contribution is 14.1. The van der Waals surface area contributed by atoms with Gasteiger partial charge in [0.05, 0.1) is 33.4 Å². The first-order valence-corrected chi connectivity index (χ1v) is 18.4. The number of aromatic nitrogens is 4. The molecule has 0 amide bonds. The minimum atomic E-state index is -4.60. The zero-order chi connectivity index (χ0) is 34.5.